The van der Waals surface area contributed by atoms with Crippen LogP contribution in [-0.4, -0.2) is 95.9 Å². The van der Waals surface area contributed by atoms with E-state index < -0.39 is 25.4 Å². The maximum Gasteiger partial charge on any atom is 0.331 e. The van der Waals surface area contributed by atoms with Crippen LogP contribution in [0, 0.1) is 0 Å². The highest BCUT2D eigenvalue weighted by atomic mass is 31.2. The second-order valence-electron chi connectivity index (χ2n) is 11.7. The molecular formula is C45H67O8P5. The second kappa shape index (κ2) is 39.1. The van der Waals surface area contributed by atoms with Crippen LogP contribution >= 0.6 is 41.4 Å². The number of benzene rings is 5. The van der Waals surface area contributed by atoms with E-state index in [0.717, 1.165) is 19.6 Å². The van der Waals surface area contributed by atoms with Crippen molar-refractivity contribution in [1.29, 1.82) is 0 Å². The molecule has 58 heavy (non-hydrogen) atoms. The van der Waals surface area contributed by atoms with Gasteiger partial charge in [-0.25, -0.2) is 0 Å². The molecule has 0 aliphatic carbocycles. The summed E-state index contributed by atoms with van der Waals surface area (Å²) in [6.45, 7) is 14.3. The molecule has 1 saturated heterocycles. The Morgan fingerprint density at radius 3 is 0.828 bits per heavy atom. The monoisotopic (exact) mass is 890 g/mol. The molecule has 0 unspecified atom stereocenters. The molecule has 5 aromatic rings. The molecule has 0 bridgehead atoms. The summed E-state index contributed by atoms with van der Waals surface area (Å²) in [7, 11) is 7.50. The van der Waals surface area contributed by atoms with Crippen LogP contribution in [0.15, 0.2) is 152 Å². The van der Waals surface area contributed by atoms with Crippen LogP contribution in [-0.2, 0) is 36.2 Å². The van der Waals surface area contributed by atoms with Gasteiger partial charge in [0, 0.05) is 64.1 Å². The van der Waals surface area contributed by atoms with Crippen molar-refractivity contribution < 1.29 is 36.2 Å². The molecule has 0 spiro atoms. The maximum atomic E-state index is 5.12. The molecular weight excluding hydrogens is 823 g/mol. The van der Waals surface area contributed by atoms with E-state index in [-0.39, 0.29) is 16.1 Å². The SMILES string of the molecule is COP(C)C.COP(C)OC.COP(OC)OC.CP(C)c1ccccc1.CP1OCCCO1.c1ccc(-c2ccccc2)cc1.c1ccc(-c2ccccc2)cc1. The van der Waals surface area contributed by atoms with Crippen LogP contribution in [0.2, 0.25) is 0 Å². The second-order valence-corrected chi connectivity index (χ2v) is 20.6. The maximum absolute atomic E-state index is 5.12. The Hall–Kier alpha value is -2.07. The summed E-state index contributed by atoms with van der Waals surface area (Å²) in [5.41, 5.74) is 5.10. The Labute approximate surface area is 357 Å². The number of hydrogen-bond acceptors (Lipinski definition) is 8. The fourth-order valence-electron chi connectivity index (χ4n) is 4.03. The quantitative estimate of drug-likeness (QED) is 0.136. The van der Waals surface area contributed by atoms with Crippen LogP contribution in [0.25, 0.3) is 22.3 Å². The Morgan fingerprint density at radius 2 is 0.690 bits per heavy atom. The van der Waals surface area contributed by atoms with Gasteiger partial charge in [-0.2, -0.15) is 0 Å². The molecule has 0 amide bonds. The molecule has 1 aliphatic heterocycles. The summed E-state index contributed by atoms with van der Waals surface area (Å²) in [6, 6.07) is 52.2. The van der Waals surface area contributed by atoms with Gasteiger partial charge in [0.2, 0.25) is 0 Å². The zero-order valence-corrected chi connectivity index (χ0v) is 41.0. The summed E-state index contributed by atoms with van der Waals surface area (Å²) < 4.78 is 38.5. The third kappa shape index (κ3) is 30.9. The van der Waals surface area contributed by atoms with E-state index in [2.05, 4.69) is 168 Å². The van der Waals surface area contributed by atoms with E-state index in [4.69, 9.17) is 22.6 Å². The topological polar surface area (TPSA) is 73.8 Å². The van der Waals surface area contributed by atoms with Crippen LogP contribution < -0.4 is 5.30 Å². The third-order valence-corrected chi connectivity index (χ3v) is 12.3. The van der Waals surface area contributed by atoms with Gasteiger partial charge in [0.15, 0.2) is 16.8 Å². The molecule has 8 nitrogen and oxygen atoms in total. The van der Waals surface area contributed by atoms with E-state index in [1.165, 1.54) is 27.6 Å². The zero-order valence-electron chi connectivity index (χ0n) is 36.6. The highest BCUT2D eigenvalue weighted by molar-refractivity contribution is 7.64. The molecule has 0 aromatic heterocycles. The van der Waals surface area contributed by atoms with Gasteiger partial charge in [-0.1, -0.05) is 160 Å². The summed E-state index contributed by atoms with van der Waals surface area (Å²) in [5.74, 6) is 0. The van der Waals surface area contributed by atoms with Gasteiger partial charge >= 0.3 is 8.60 Å². The molecule has 5 aromatic carbocycles. The van der Waals surface area contributed by atoms with Gasteiger partial charge in [0.05, 0.1) is 13.2 Å². The normalized spacial score (nSPS) is 11.7. The van der Waals surface area contributed by atoms with Crippen molar-refractivity contribution in [3.8, 4) is 22.3 Å². The average molecular weight is 891 g/mol. The van der Waals surface area contributed by atoms with Gasteiger partial charge in [0.25, 0.3) is 0 Å². The highest BCUT2D eigenvalue weighted by Crippen LogP contribution is 2.36. The van der Waals surface area contributed by atoms with Gasteiger partial charge in [-0.15, -0.1) is 0 Å². The van der Waals surface area contributed by atoms with Crippen molar-refractivity contribution in [3.63, 3.8) is 0 Å². The predicted molar refractivity (Wildman–Crippen MR) is 259 cm³/mol. The average Bonchev–Trinajstić information content (AvgIpc) is 3.29. The van der Waals surface area contributed by atoms with Crippen LogP contribution in [0.1, 0.15) is 6.42 Å². The largest absolute Gasteiger partial charge is 0.363 e. The summed E-state index contributed by atoms with van der Waals surface area (Å²) in [4.78, 5) is 0. The Balaban J connectivity index is 0.000000670. The van der Waals surface area contributed by atoms with Crippen molar-refractivity contribution in [2.45, 2.75) is 6.42 Å². The molecule has 13 heteroatoms. The van der Waals surface area contributed by atoms with Gasteiger partial charge < -0.3 is 36.2 Å². The Bertz CT molecular complexity index is 1390. The molecule has 0 atom stereocenters. The van der Waals surface area contributed by atoms with E-state index >= 15 is 0 Å². The zero-order chi connectivity index (χ0) is 43.2. The van der Waals surface area contributed by atoms with Crippen LogP contribution in [0.5, 0.6) is 0 Å². The predicted octanol–water partition coefficient (Wildman–Crippen LogP) is 13.8. The lowest BCUT2D eigenvalue weighted by Gasteiger charge is -2.17. The van der Waals surface area contributed by atoms with Crippen molar-refractivity contribution in [1.82, 2.24) is 0 Å². The Morgan fingerprint density at radius 1 is 0.414 bits per heavy atom. The van der Waals surface area contributed by atoms with Crippen molar-refractivity contribution in [2.75, 3.05) is 95.9 Å². The molecule has 0 radical (unpaired) electrons. The van der Waals surface area contributed by atoms with Crippen molar-refractivity contribution in [3.05, 3.63) is 152 Å². The lowest BCUT2D eigenvalue weighted by Crippen LogP contribution is -2.03. The molecule has 0 saturated carbocycles. The van der Waals surface area contributed by atoms with Gasteiger partial charge in [-0.3, -0.25) is 0 Å². The molecule has 1 fully saturated rings. The first kappa shape index (κ1) is 55.9. The lowest BCUT2D eigenvalue weighted by molar-refractivity contribution is 0.185. The van der Waals surface area contributed by atoms with Crippen LogP contribution in [0.3, 0.4) is 0 Å². The van der Waals surface area contributed by atoms with E-state index in [1.54, 1.807) is 42.7 Å². The first-order valence-corrected chi connectivity index (χ1v) is 27.2. The number of hydrogen-bond donors (Lipinski definition) is 0. The fraction of sp³-hybridized carbons (Fsp3) is 0.333. The summed E-state index contributed by atoms with van der Waals surface area (Å²) >= 11 is 0. The first-order chi connectivity index (χ1) is 28.1. The first-order valence-electron chi connectivity index (χ1n) is 18.4. The molecule has 1 aliphatic rings. The lowest BCUT2D eigenvalue weighted by atomic mass is 10.1. The molecule has 0 N–H and O–H groups in total. The Kier molecular flexibility index (Phi) is 37.7. The third-order valence-electron chi connectivity index (χ3n) is 7.20. The minimum Gasteiger partial charge on any atom is -0.363 e. The van der Waals surface area contributed by atoms with Crippen molar-refractivity contribution in [2.24, 2.45) is 0 Å². The van der Waals surface area contributed by atoms with E-state index in [9.17, 15) is 0 Å². The van der Waals surface area contributed by atoms with Crippen LogP contribution in [0.4, 0.5) is 0 Å². The van der Waals surface area contributed by atoms with Gasteiger partial charge in [-0.05, 0) is 60.6 Å². The molecule has 6 rings (SSSR count). The van der Waals surface area contributed by atoms with E-state index in [1.807, 2.05) is 37.6 Å². The molecule has 1 heterocycles. The fourth-order valence-corrected chi connectivity index (χ4v) is 6.24. The minimum absolute atomic E-state index is 0.0983. The van der Waals surface area contributed by atoms with Gasteiger partial charge in [0.1, 0.15) is 0 Å². The highest BCUT2D eigenvalue weighted by Gasteiger charge is 2.06. The number of rotatable bonds is 9. The smallest absolute Gasteiger partial charge is 0.331 e. The van der Waals surface area contributed by atoms with Crippen molar-refractivity contribution >= 4 is 46.7 Å². The standard InChI is InChI=1S/2C12H10.C8H11P.C4H9O2P.C3H9O3P.C3H9O2P.C3H9OP/c2*1-3-7-11(8-4-1)12-9-5-2-6-10-12;1-9(2)8-6-4-3-5-7-8;1-7-5-3-2-4-6-7;1-4-7(5-2)6-3;1-4-6(3)5-2;1-4-5(2)3/h2*1-10H;3-7H,1-2H3;2-4H2,1H3;1-3H3;1-3H3;1-3H3. The summed E-state index contributed by atoms with van der Waals surface area (Å²) in [6.07, 6.45) is 1.06. The van der Waals surface area contributed by atoms with E-state index in [0.29, 0.717) is 0 Å². The summed E-state index contributed by atoms with van der Waals surface area (Å²) in [5, 5.41) is 1.48. The minimum atomic E-state index is -1.05. The molecule has 320 valence electrons.